The van der Waals surface area contributed by atoms with Gasteiger partial charge in [-0.15, -0.1) is 0 Å². The second-order valence-electron chi connectivity index (χ2n) is 8.66. The Morgan fingerprint density at radius 2 is 1.96 bits per heavy atom. The summed E-state index contributed by atoms with van der Waals surface area (Å²) >= 11 is 6.36. The van der Waals surface area contributed by atoms with E-state index in [0.29, 0.717) is 35.1 Å². The molecule has 1 N–H and O–H groups in total. The van der Waals surface area contributed by atoms with Crippen molar-refractivity contribution in [1.29, 1.82) is 0 Å². The molecule has 0 saturated heterocycles. The number of ketones is 1. The smallest absolute Gasteiger partial charge is 0.174 e. The molecule has 2 nitrogen and oxygen atoms in total. The van der Waals surface area contributed by atoms with Gasteiger partial charge in [0.2, 0.25) is 0 Å². The van der Waals surface area contributed by atoms with Crippen molar-refractivity contribution in [2.24, 2.45) is 29.1 Å². The molecule has 0 heterocycles. The lowest BCUT2D eigenvalue weighted by Gasteiger charge is -2.59. The van der Waals surface area contributed by atoms with Crippen LogP contribution < -0.4 is 0 Å². The predicted molar refractivity (Wildman–Crippen MR) is 92.0 cm³/mol. The maximum atomic E-state index is 11.9. The summed E-state index contributed by atoms with van der Waals surface area (Å²) in [5.41, 5.74) is 0.630. The molecule has 0 bridgehead atoms. The predicted octanol–water partition coefficient (Wildman–Crippen LogP) is 4.61. The normalized spacial score (nSPS) is 49.5. The standard InChI is InChI=1S/C20H27ClO2/c1-19-11-9-13-12-7-8-17(22)18(21)15(12)6-5-14(13)16(19)4-3-10-20(19,2)23/h3-4,12-14,16,23H,5-11H2,1-2H3/t12-,13-,14-,16+,19+,20+/m1/s1. The summed E-state index contributed by atoms with van der Waals surface area (Å²) in [5.74, 6) is 2.38. The summed E-state index contributed by atoms with van der Waals surface area (Å²) in [6.07, 6.45) is 11.3. The molecule has 0 spiro atoms. The summed E-state index contributed by atoms with van der Waals surface area (Å²) in [6, 6.07) is 0. The molecular weight excluding hydrogens is 308 g/mol. The van der Waals surface area contributed by atoms with Gasteiger partial charge >= 0.3 is 0 Å². The molecular formula is C20H27ClO2. The number of rotatable bonds is 0. The first-order valence-corrected chi connectivity index (χ1v) is 9.54. The van der Waals surface area contributed by atoms with Crippen LogP contribution in [0.5, 0.6) is 0 Å². The van der Waals surface area contributed by atoms with Gasteiger partial charge in [-0.25, -0.2) is 0 Å². The topological polar surface area (TPSA) is 37.3 Å². The molecule has 126 valence electrons. The maximum absolute atomic E-state index is 11.9. The van der Waals surface area contributed by atoms with E-state index in [1.807, 2.05) is 6.92 Å². The van der Waals surface area contributed by atoms with Gasteiger partial charge in [0, 0.05) is 11.8 Å². The summed E-state index contributed by atoms with van der Waals surface area (Å²) in [6.45, 7) is 4.31. The van der Waals surface area contributed by atoms with Gasteiger partial charge in [0.1, 0.15) is 0 Å². The summed E-state index contributed by atoms with van der Waals surface area (Å²) in [4.78, 5) is 11.9. The molecule has 0 radical (unpaired) electrons. The Hall–Kier alpha value is -0.600. The van der Waals surface area contributed by atoms with Gasteiger partial charge in [0.25, 0.3) is 0 Å². The molecule has 2 fully saturated rings. The third-order valence-corrected chi connectivity index (χ3v) is 8.21. The first kappa shape index (κ1) is 15.9. The molecule has 4 aliphatic rings. The van der Waals surface area contributed by atoms with E-state index in [1.165, 1.54) is 5.57 Å². The van der Waals surface area contributed by atoms with Crippen LogP contribution in [0.3, 0.4) is 0 Å². The van der Waals surface area contributed by atoms with Crippen LogP contribution in [0.4, 0.5) is 0 Å². The molecule has 2 saturated carbocycles. The third kappa shape index (κ3) is 2.14. The summed E-state index contributed by atoms with van der Waals surface area (Å²) in [5, 5.41) is 11.6. The third-order valence-electron chi connectivity index (χ3n) is 7.75. The highest BCUT2D eigenvalue weighted by atomic mass is 35.5. The number of carbonyl (C=O) groups is 1. The SMILES string of the molecule is C[C@]1(O)CC=C[C@H]2[C@@H]3CCC4=C(Cl)C(=O)CC[C@@H]4[C@H]3CC[C@@]21C. The van der Waals surface area contributed by atoms with Crippen LogP contribution in [-0.4, -0.2) is 16.5 Å². The van der Waals surface area contributed by atoms with E-state index in [-0.39, 0.29) is 11.2 Å². The Kier molecular flexibility index (Phi) is 3.59. The summed E-state index contributed by atoms with van der Waals surface area (Å²) < 4.78 is 0. The number of halogens is 1. The zero-order chi connectivity index (χ0) is 16.4. The van der Waals surface area contributed by atoms with E-state index < -0.39 is 5.60 Å². The number of allylic oxidation sites excluding steroid dienone is 3. The van der Waals surface area contributed by atoms with Crippen LogP contribution in [0.15, 0.2) is 22.8 Å². The molecule has 0 aromatic heterocycles. The number of hydrogen-bond acceptors (Lipinski definition) is 2. The van der Waals surface area contributed by atoms with Gasteiger partial charge in [-0.1, -0.05) is 30.7 Å². The molecule has 0 aromatic carbocycles. The fourth-order valence-electron chi connectivity index (χ4n) is 6.14. The Morgan fingerprint density at radius 1 is 1.17 bits per heavy atom. The van der Waals surface area contributed by atoms with Crippen LogP contribution in [0, 0.1) is 29.1 Å². The van der Waals surface area contributed by atoms with Crippen molar-refractivity contribution in [2.75, 3.05) is 0 Å². The van der Waals surface area contributed by atoms with E-state index in [4.69, 9.17) is 11.6 Å². The zero-order valence-corrected chi connectivity index (χ0v) is 14.9. The summed E-state index contributed by atoms with van der Waals surface area (Å²) in [7, 11) is 0. The maximum Gasteiger partial charge on any atom is 0.174 e. The lowest BCUT2D eigenvalue weighted by Crippen LogP contribution is -2.57. The van der Waals surface area contributed by atoms with Crippen LogP contribution in [0.2, 0.25) is 0 Å². The zero-order valence-electron chi connectivity index (χ0n) is 14.1. The number of hydrogen-bond donors (Lipinski definition) is 1. The Labute approximate surface area is 144 Å². The van der Waals surface area contributed by atoms with Crippen LogP contribution >= 0.6 is 11.6 Å². The Bertz CT molecular complexity index is 603. The molecule has 0 aromatic rings. The minimum absolute atomic E-state index is 0.0155. The fourth-order valence-corrected chi connectivity index (χ4v) is 6.47. The van der Waals surface area contributed by atoms with Crippen LogP contribution in [0.1, 0.15) is 58.8 Å². The molecule has 0 unspecified atom stereocenters. The van der Waals surface area contributed by atoms with Gasteiger partial charge in [0.05, 0.1) is 10.6 Å². The highest BCUT2D eigenvalue weighted by Gasteiger charge is 2.57. The van der Waals surface area contributed by atoms with Crippen molar-refractivity contribution < 1.29 is 9.90 Å². The monoisotopic (exact) mass is 334 g/mol. The molecule has 4 rings (SSSR count). The van der Waals surface area contributed by atoms with Gasteiger partial charge < -0.3 is 5.11 Å². The van der Waals surface area contributed by atoms with Gasteiger partial charge in [-0.05, 0) is 74.7 Å². The molecule has 0 aliphatic heterocycles. The molecule has 23 heavy (non-hydrogen) atoms. The van der Waals surface area contributed by atoms with Gasteiger partial charge in [0.15, 0.2) is 5.78 Å². The van der Waals surface area contributed by atoms with E-state index in [1.54, 1.807) is 0 Å². The van der Waals surface area contributed by atoms with E-state index >= 15 is 0 Å². The second-order valence-corrected chi connectivity index (χ2v) is 9.04. The molecule has 6 atom stereocenters. The Balaban J connectivity index is 1.69. The largest absolute Gasteiger partial charge is 0.389 e. The van der Waals surface area contributed by atoms with Crippen molar-refractivity contribution >= 4 is 17.4 Å². The molecule has 0 amide bonds. The van der Waals surface area contributed by atoms with E-state index in [0.717, 1.165) is 38.5 Å². The van der Waals surface area contributed by atoms with Crippen molar-refractivity contribution in [1.82, 2.24) is 0 Å². The van der Waals surface area contributed by atoms with Crippen molar-refractivity contribution in [3.8, 4) is 0 Å². The lowest BCUT2D eigenvalue weighted by molar-refractivity contribution is -0.139. The lowest BCUT2D eigenvalue weighted by atomic mass is 9.46. The minimum Gasteiger partial charge on any atom is -0.389 e. The Morgan fingerprint density at radius 3 is 2.74 bits per heavy atom. The van der Waals surface area contributed by atoms with Crippen molar-refractivity contribution in [3.63, 3.8) is 0 Å². The van der Waals surface area contributed by atoms with Gasteiger partial charge in [-0.2, -0.15) is 0 Å². The first-order valence-electron chi connectivity index (χ1n) is 9.16. The number of carbonyl (C=O) groups excluding carboxylic acids is 1. The van der Waals surface area contributed by atoms with Crippen molar-refractivity contribution in [2.45, 2.75) is 64.4 Å². The number of Topliss-reactive ketones (excluding diaryl/α,β-unsaturated/α-hetero) is 1. The quantitative estimate of drug-likeness (QED) is 0.657. The van der Waals surface area contributed by atoms with E-state index in [9.17, 15) is 9.90 Å². The molecule has 4 aliphatic carbocycles. The highest BCUT2D eigenvalue weighted by molar-refractivity contribution is 6.43. The first-order chi connectivity index (χ1) is 10.8. The van der Waals surface area contributed by atoms with Gasteiger partial charge in [-0.3, -0.25) is 4.79 Å². The number of aliphatic hydroxyl groups is 1. The second kappa shape index (κ2) is 5.20. The minimum atomic E-state index is -0.603. The van der Waals surface area contributed by atoms with Crippen LogP contribution in [0.25, 0.3) is 0 Å². The van der Waals surface area contributed by atoms with Crippen molar-refractivity contribution in [3.05, 3.63) is 22.8 Å². The fraction of sp³-hybridized carbons (Fsp3) is 0.750. The number of fused-ring (bicyclic) bond motifs is 5. The molecule has 3 heteroatoms. The average molecular weight is 335 g/mol. The van der Waals surface area contributed by atoms with Crippen LogP contribution in [-0.2, 0) is 4.79 Å². The highest BCUT2D eigenvalue weighted by Crippen LogP contribution is 2.62. The van der Waals surface area contributed by atoms with E-state index in [2.05, 4.69) is 19.1 Å². The average Bonchev–Trinajstić information content (AvgIpc) is 2.51.